The molecule has 1 atom stereocenters. The van der Waals surface area contributed by atoms with Gasteiger partial charge in [0.25, 0.3) is 0 Å². The van der Waals surface area contributed by atoms with E-state index in [1.807, 2.05) is 0 Å². The molecule has 2 rings (SSSR count). The highest BCUT2D eigenvalue weighted by Crippen LogP contribution is 2.14. The normalized spacial score (nSPS) is 21.3. The average molecular weight is 210 g/mol. The molecule has 0 aliphatic carbocycles. The van der Waals surface area contributed by atoms with Crippen LogP contribution in [-0.4, -0.2) is 24.7 Å². The molecular formula is C11H15FN2O. The number of hydrogen-bond donors (Lipinski definition) is 1. The van der Waals surface area contributed by atoms with Gasteiger partial charge < -0.3 is 10.1 Å². The zero-order valence-electron chi connectivity index (χ0n) is 8.58. The maximum atomic E-state index is 12.5. The Balaban J connectivity index is 1.79. The fourth-order valence-electron chi connectivity index (χ4n) is 1.71. The van der Waals surface area contributed by atoms with E-state index in [9.17, 15) is 4.39 Å². The summed E-state index contributed by atoms with van der Waals surface area (Å²) in [6, 6.07) is 3.06. The molecule has 0 spiro atoms. The van der Waals surface area contributed by atoms with Crippen molar-refractivity contribution in [2.24, 2.45) is 5.92 Å². The molecule has 0 amide bonds. The van der Waals surface area contributed by atoms with Gasteiger partial charge in [0.1, 0.15) is 0 Å². The molecule has 1 aromatic heterocycles. The lowest BCUT2D eigenvalue weighted by molar-refractivity contribution is 0.0595. The van der Waals surface area contributed by atoms with Crippen LogP contribution in [0.4, 0.5) is 10.1 Å². The highest BCUT2D eigenvalue weighted by atomic mass is 19.1. The van der Waals surface area contributed by atoms with Crippen LogP contribution >= 0.6 is 0 Å². The second-order valence-corrected chi connectivity index (χ2v) is 3.83. The third kappa shape index (κ3) is 3.16. The van der Waals surface area contributed by atoms with Gasteiger partial charge in [-0.15, -0.1) is 0 Å². The number of hydrogen-bond acceptors (Lipinski definition) is 3. The number of rotatable bonds is 3. The zero-order chi connectivity index (χ0) is 10.5. The molecule has 3 nitrogen and oxygen atoms in total. The molecule has 0 saturated carbocycles. The molecule has 1 aliphatic heterocycles. The van der Waals surface area contributed by atoms with Gasteiger partial charge in [0.15, 0.2) is 0 Å². The van der Waals surface area contributed by atoms with E-state index in [1.165, 1.54) is 18.7 Å². The summed E-state index contributed by atoms with van der Waals surface area (Å²) in [6.45, 7) is 2.57. The van der Waals surface area contributed by atoms with E-state index in [4.69, 9.17) is 4.74 Å². The molecule has 2 heterocycles. The van der Waals surface area contributed by atoms with Gasteiger partial charge in [-0.1, -0.05) is 0 Å². The van der Waals surface area contributed by atoms with Gasteiger partial charge in [-0.2, -0.15) is 4.39 Å². The smallest absolute Gasteiger partial charge is 0.212 e. The van der Waals surface area contributed by atoms with Crippen LogP contribution in [0.15, 0.2) is 18.3 Å². The lowest BCUT2D eigenvalue weighted by Gasteiger charge is -2.22. The number of nitrogens with one attached hydrogen (secondary N) is 1. The monoisotopic (exact) mass is 210 g/mol. The molecule has 1 saturated heterocycles. The fraction of sp³-hybridized carbons (Fsp3) is 0.545. The molecule has 82 valence electrons. The molecule has 0 radical (unpaired) electrons. The molecule has 1 N–H and O–H groups in total. The summed E-state index contributed by atoms with van der Waals surface area (Å²) in [7, 11) is 0. The quantitative estimate of drug-likeness (QED) is 0.775. The number of ether oxygens (including phenoxy) is 1. The Morgan fingerprint density at radius 3 is 3.13 bits per heavy atom. The Labute approximate surface area is 88.7 Å². The minimum atomic E-state index is -0.443. The molecule has 0 aromatic carbocycles. The van der Waals surface area contributed by atoms with Crippen molar-refractivity contribution in [1.29, 1.82) is 0 Å². The van der Waals surface area contributed by atoms with E-state index in [-0.39, 0.29) is 0 Å². The van der Waals surface area contributed by atoms with Gasteiger partial charge in [-0.25, -0.2) is 4.98 Å². The number of nitrogens with zero attached hydrogens (tertiary/aromatic N) is 1. The summed E-state index contributed by atoms with van der Waals surface area (Å²) in [5, 5.41) is 3.23. The Morgan fingerprint density at radius 1 is 1.53 bits per heavy atom. The van der Waals surface area contributed by atoms with Crippen molar-refractivity contribution in [3.63, 3.8) is 0 Å². The van der Waals surface area contributed by atoms with Crippen LogP contribution < -0.4 is 5.32 Å². The first-order valence-corrected chi connectivity index (χ1v) is 5.28. The van der Waals surface area contributed by atoms with Gasteiger partial charge in [-0.05, 0) is 30.9 Å². The third-order valence-electron chi connectivity index (χ3n) is 2.58. The third-order valence-corrected chi connectivity index (χ3v) is 2.58. The highest BCUT2D eigenvalue weighted by Gasteiger charge is 2.13. The summed E-state index contributed by atoms with van der Waals surface area (Å²) in [4.78, 5) is 3.58. The molecule has 1 aliphatic rings. The Bertz CT molecular complexity index is 296. The van der Waals surface area contributed by atoms with Crippen LogP contribution in [0.5, 0.6) is 0 Å². The van der Waals surface area contributed by atoms with Gasteiger partial charge >= 0.3 is 0 Å². The molecule has 1 fully saturated rings. The van der Waals surface area contributed by atoms with E-state index >= 15 is 0 Å². The van der Waals surface area contributed by atoms with Crippen molar-refractivity contribution >= 4 is 5.69 Å². The lowest BCUT2D eigenvalue weighted by atomic mass is 10.0. The lowest BCUT2D eigenvalue weighted by Crippen LogP contribution is -2.24. The standard InChI is InChI=1S/C11H15FN2O/c12-11-4-3-10(7-14-11)13-6-9-2-1-5-15-8-9/h3-4,7,9,13H,1-2,5-6,8H2. The summed E-state index contributed by atoms with van der Waals surface area (Å²) in [5.74, 6) is 0.116. The predicted molar refractivity (Wildman–Crippen MR) is 56.2 cm³/mol. The molecular weight excluding hydrogens is 195 g/mol. The highest BCUT2D eigenvalue weighted by molar-refractivity contribution is 5.39. The summed E-state index contributed by atoms with van der Waals surface area (Å²) in [6.07, 6.45) is 3.84. The van der Waals surface area contributed by atoms with Crippen LogP contribution in [0, 0.1) is 11.9 Å². The van der Waals surface area contributed by atoms with Crippen molar-refractivity contribution in [2.75, 3.05) is 25.1 Å². The van der Waals surface area contributed by atoms with Gasteiger partial charge in [0.2, 0.25) is 5.95 Å². The maximum Gasteiger partial charge on any atom is 0.212 e. The number of pyridine rings is 1. The van der Waals surface area contributed by atoms with Gasteiger partial charge in [0, 0.05) is 13.2 Å². The van der Waals surface area contributed by atoms with Crippen LogP contribution in [0.1, 0.15) is 12.8 Å². The number of anilines is 1. The zero-order valence-corrected chi connectivity index (χ0v) is 8.58. The SMILES string of the molecule is Fc1ccc(NCC2CCCOC2)cn1. The van der Waals surface area contributed by atoms with Crippen LogP contribution in [0.3, 0.4) is 0 Å². The van der Waals surface area contributed by atoms with Crippen LogP contribution in [0.25, 0.3) is 0 Å². The molecule has 1 aromatic rings. The van der Waals surface area contributed by atoms with E-state index in [0.717, 1.165) is 31.9 Å². The Kier molecular flexibility index (Phi) is 3.50. The molecule has 4 heteroatoms. The van der Waals surface area contributed by atoms with E-state index in [1.54, 1.807) is 6.07 Å². The predicted octanol–water partition coefficient (Wildman–Crippen LogP) is 2.06. The van der Waals surface area contributed by atoms with E-state index < -0.39 is 5.95 Å². The van der Waals surface area contributed by atoms with E-state index in [0.29, 0.717) is 5.92 Å². The van der Waals surface area contributed by atoms with Crippen LogP contribution in [-0.2, 0) is 4.74 Å². The number of halogens is 1. The van der Waals surface area contributed by atoms with Crippen molar-refractivity contribution in [2.45, 2.75) is 12.8 Å². The van der Waals surface area contributed by atoms with Crippen molar-refractivity contribution in [3.05, 3.63) is 24.3 Å². The molecule has 1 unspecified atom stereocenters. The van der Waals surface area contributed by atoms with Crippen molar-refractivity contribution in [3.8, 4) is 0 Å². The number of aromatic nitrogens is 1. The van der Waals surface area contributed by atoms with Gasteiger partial charge in [-0.3, -0.25) is 0 Å². The summed E-state index contributed by atoms with van der Waals surface area (Å²) >= 11 is 0. The van der Waals surface area contributed by atoms with Crippen LogP contribution in [0.2, 0.25) is 0 Å². The largest absolute Gasteiger partial charge is 0.383 e. The molecule has 15 heavy (non-hydrogen) atoms. The first-order valence-electron chi connectivity index (χ1n) is 5.28. The second-order valence-electron chi connectivity index (χ2n) is 3.83. The Hall–Kier alpha value is -1.16. The summed E-state index contributed by atoms with van der Waals surface area (Å²) < 4.78 is 17.9. The van der Waals surface area contributed by atoms with Crippen molar-refractivity contribution < 1.29 is 9.13 Å². The minimum absolute atomic E-state index is 0.443. The van der Waals surface area contributed by atoms with E-state index in [2.05, 4.69) is 10.3 Å². The topological polar surface area (TPSA) is 34.1 Å². The fourth-order valence-corrected chi connectivity index (χ4v) is 1.71. The first kappa shape index (κ1) is 10.4. The van der Waals surface area contributed by atoms with Gasteiger partial charge in [0.05, 0.1) is 18.5 Å². The Morgan fingerprint density at radius 2 is 2.47 bits per heavy atom. The minimum Gasteiger partial charge on any atom is -0.383 e. The first-order chi connectivity index (χ1) is 7.34. The molecule has 0 bridgehead atoms. The maximum absolute atomic E-state index is 12.5. The average Bonchev–Trinajstić information content (AvgIpc) is 2.30. The summed E-state index contributed by atoms with van der Waals surface area (Å²) in [5.41, 5.74) is 0.863. The van der Waals surface area contributed by atoms with Crippen molar-refractivity contribution in [1.82, 2.24) is 4.98 Å². The second kappa shape index (κ2) is 5.07.